The first kappa shape index (κ1) is 47.7. The van der Waals surface area contributed by atoms with Crippen molar-refractivity contribution < 1.29 is 63.0 Å². The van der Waals surface area contributed by atoms with E-state index in [0.29, 0.717) is 6.42 Å². The maximum Gasteiger partial charge on any atom is 0.329 e. The monoisotopic (exact) mass is 733 g/mol. The molecule has 0 aliphatic rings. The molecule has 1 unspecified atom stereocenters. The van der Waals surface area contributed by atoms with Gasteiger partial charge in [-0.05, 0) is 19.3 Å². The summed E-state index contributed by atoms with van der Waals surface area (Å²) in [4.78, 5) is 68.5. The molecule has 0 aromatic rings. The average Bonchev–Trinajstić information content (AvgIpc) is 3.08. The van der Waals surface area contributed by atoms with Crippen LogP contribution in [0.1, 0.15) is 116 Å². The normalized spacial score (nSPS) is 11.5. The fourth-order valence-corrected chi connectivity index (χ4v) is 4.91. The summed E-state index contributed by atoms with van der Waals surface area (Å²) in [6, 6.07) is -1.14. The number of amides is 3. The molecule has 16 nitrogen and oxygen atoms in total. The third-order valence-electron chi connectivity index (χ3n) is 7.68. The van der Waals surface area contributed by atoms with Gasteiger partial charge in [-0.15, -0.1) is 0 Å². The van der Waals surface area contributed by atoms with Gasteiger partial charge >= 0.3 is 17.9 Å². The Labute approximate surface area is 302 Å². The second-order valence-electron chi connectivity index (χ2n) is 12.3. The maximum absolute atomic E-state index is 12.3. The van der Waals surface area contributed by atoms with Gasteiger partial charge in [0.15, 0.2) is 0 Å². The van der Waals surface area contributed by atoms with Crippen LogP contribution in [0.5, 0.6) is 0 Å². The van der Waals surface area contributed by atoms with Gasteiger partial charge in [0.05, 0.1) is 39.6 Å². The Balaban J connectivity index is 3.66. The quantitative estimate of drug-likeness (QED) is 0.0501. The minimum Gasteiger partial charge on any atom is -0.481 e. The molecule has 0 spiro atoms. The number of carboxylic acid groups (broad SMARTS) is 3. The highest BCUT2D eigenvalue weighted by atomic mass is 16.5. The number of hydrogen-bond donors (Lipinski definition) is 6. The summed E-state index contributed by atoms with van der Waals surface area (Å²) < 4.78 is 20.6. The first-order valence-corrected chi connectivity index (χ1v) is 18.4. The van der Waals surface area contributed by atoms with Crippen LogP contribution in [0, 0.1) is 0 Å². The van der Waals surface area contributed by atoms with Crippen LogP contribution in [0.3, 0.4) is 0 Å². The molecule has 1 atom stereocenters. The van der Waals surface area contributed by atoms with Crippen LogP contribution in [0.15, 0.2) is 0 Å². The molecule has 0 aliphatic heterocycles. The lowest BCUT2D eigenvalue weighted by molar-refractivity contribution is -0.143. The maximum atomic E-state index is 12.3. The summed E-state index contributed by atoms with van der Waals surface area (Å²) >= 11 is 0. The van der Waals surface area contributed by atoms with E-state index in [1.54, 1.807) is 0 Å². The Bertz CT molecular complexity index is 952. The zero-order valence-corrected chi connectivity index (χ0v) is 30.3. The molecular formula is C35H63N3O13. The highest BCUT2D eigenvalue weighted by molar-refractivity contribution is 5.84. The van der Waals surface area contributed by atoms with Crippen molar-refractivity contribution in [3.8, 4) is 0 Å². The Morgan fingerprint density at radius 2 is 0.863 bits per heavy atom. The highest BCUT2D eigenvalue weighted by Gasteiger charge is 2.20. The molecule has 51 heavy (non-hydrogen) atoms. The molecule has 0 bridgehead atoms. The van der Waals surface area contributed by atoms with E-state index < -0.39 is 23.9 Å². The summed E-state index contributed by atoms with van der Waals surface area (Å²) in [6.07, 6.45) is 15.5. The van der Waals surface area contributed by atoms with Crippen LogP contribution in [-0.4, -0.2) is 123 Å². The number of ether oxygens (including phenoxy) is 4. The molecule has 0 aliphatic carbocycles. The summed E-state index contributed by atoms with van der Waals surface area (Å²) in [7, 11) is 0. The van der Waals surface area contributed by atoms with Crippen molar-refractivity contribution in [2.75, 3.05) is 65.9 Å². The highest BCUT2D eigenvalue weighted by Crippen LogP contribution is 2.14. The zero-order chi connectivity index (χ0) is 37.8. The predicted molar refractivity (Wildman–Crippen MR) is 187 cm³/mol. The molecule has 296 valence electrons. The molecule has 0 saturated carbocycles. The number of carbonyl (C=O) groups excluding carboxylic acids is 3. The molecule has 0 aromatic heterocycles. The van der Waals surface area contributed by atoms with Crippen LogP contribution >= 0.6 is 0 Å². The minimum absolute atomic E-state index is 0.0240. The third-order valence-corrected chi connectivity index (χ3v) is 7.68. The number of carboxylic acids is 3. The van der Waals surface area contributed by atoms with Crippen LogP contribution in [-0.2, 0) is 47.7 Å². The number of rotatable bonds is 38. The van der Waals surface area contributed by atoms with Crippen molar-refractivity contribution >= 4 is 35.6 Å². The van der Waals surface area contributed by atoms with Gasteiger partial charge in [0.1, 0.15) is 19.3 Å². The largest absolute Gasteiger partial charge is 0.481 e. The average molecular weight is 734 g/mol. The Morgan fingerprint density at radius 1 is 0.431 bits per heavy atom. The summed E-state index contributed by atoms with van der Waals surface area (Å²) in [5.74, 6) is -3.96. The van der Waals surface area contributed by atoms with E-state index in [1.807, 2.05) is 0 Å². The van der Waals surface area contributed by atoms with Crippen molar-refractivity contribution in [3.63, 3.8) is 0 Å². The van der Waals surface area contributed by atoms with Gasteiger partial charge in [-0.2, -0.15) is 0 Å². The van der Waals surface area contributed by atoms with Crippen molar-refractivity contribution in [3.05, 3.63) is 0 Å². The molecule has 6 N–H and O–H groups in total. The molecule has 0 fully saturated rings. The van der Waals surface area contributed by atoms with E-state index in [0.717, 1.165) is 38.5 Å². The number of nitrogens with one attached hydrogen (secondary N) is 3. The number of aliphatic carboxylic acids is 3. The van der Waals surface area contributed by atoms with Gasteiger partial charge in [0, 0.05) is 32.4 Å². The van der Waals surface area contributed by atoms with E-state index in [-0.39, 0.29) is 109 Å². The fourth-order valence-electron chi connectivity index (χ4n) is 4.91. The van der Waals surface area contributed by atoms with E-state index in [2.05, 4.69) is 16.0 Å². The molecule has 0 rings (SSSR count). The molecule has 0 radical (unpaired) electrons. The SMILES string of the molecule is O=C(O)CCCCCCCCCCCCCCCCC(=O)NC(CCC(=O)NCCOCCOCC(=O)NCCOCCOCC(=O)O)C(=O)O. The minimum atomic E-state index is -1.18. The van der Waals surface area contributed by atoms with E-state index in [4.69, 9.17) is 29.2 Å². The molecule has 0 saturated heterocycles. The predicted octanol–water partition coefficient (Wildman–Crippen LogP) is 3.05. The van der Waals surface area contributed by atoms with Crippen LogP contribution in [0.4, 0.5) is 0 Å². The van der Waals surface area contributed by atoms with Crippen molar-refractivity contribution in [1.29, 1.82) is 0 Å². The molecule has 3 amide bonds. The van der Waals surface area contributed by atoms with Gasteiger partial charge in [0.2, 0.25) is 17.7 Å². The van der Waals surface area contributed by atoms with Crippen molar-refractivity contribution in [2.45, 2.75) is 122 Å². The first-order valence-electron chi connectivity index (χ1n) is 18.4. The third kappa shape index (κ3) is 36.3. The molecule has 16 heteroatoms. The van der Waals surface area contributed by atoms with Crippen molar-refractivity contribution in [2.24, 2.45) is 0 Å². The van der Waals surface area contributed by atoms with Gasteiger partial charge in [0.25, 0.3) is 0 Å². The van der Waals surface area contributed by atoms with Crippen molar-refractivity contribution in [1.82, 2.24) is 16.0 Å². The molecule has 0 aromatic carbocycles. The summed E-state index contributed by atoms with van der Waals surface area (Å²) in [6.45, 7) is 1.11. The van der Waals surface area contributed by atoms with E-state index >= 15 is 0 Å². The lowest BCUT2D eigenvalue weighted by atomic mass is 10.0. The lowest BCUT2D eigenvalue weighted by Gasteiger charge is -2.14. The van der Waals surface area contributed by atoms with Gasteiger partial charge in [-0.3, -0.25) is 19.2 Å². The molecule has 0 heterocycles. The first-order chi connectivity index (χ1) is 24.6. The van der Waals surface area contributed by atoms with Crippen LogP contribution in [0.25, 0.3) is 0 Å². The van der Waals surface area contributed by atoms with Gasteiger partial charge in [-0.1, -0.05) is 77.0 Å². The van der Waals surface area contributed by atoms with E-state index in [9.17, 15) is 33.9 Å². The van der Waals surface area contributed by atoms with E-state index in [1.165, 1.54) is 44.9 Å². The standard InChI is InChI=1S/C35H63N3O13/c39-30(36-19-21-48-23-25-50-27-32(41)37-20-22-49-24-26-51-28-34(44)45)18-17-29(35(46)47)38-31(40)15-13-11-9-7-5-3-1-2-4-6-8-10-12-14-16-33(42)43/h29H,1-28H2,(H,36,39)(H,37,41)(H,38,40)(H,42,43)(H,44,45)(H,46,47). The Morgan fingerprint density at radius 3 is 1.33 bits per heavy atom. The Hall–Kier alpha value is -3.34. The van der Waals surface area contributed by atoms with Gasteiger partial charge in [-0.25, -0.2) is 9.59 Å². The van der Waals surface area contributed by atoms with Gasteiger partial charge < -0.3 is 50.2 Å². The second-order valence-corrected chi connectivity index (χ2v) is 12.3. The number of hydrogen-bond acceptors (Lipinski definition) is 10. The zero-order valence-electron chi connectivity index (χ0n) is 30.3. The van der Waals surface area contributed by atoms with Crippen LogP contribution in [0.2, 0.25) is 0 Å². The summed E-state index contributed by atoms with van der Waals surface area (Å²) in [5, 5.41) is 34.3. The molecular weight excluding hydrogens is 670 g/mol. The smallest absolute Gasteiger partial charge is 0.329 e. The summed E-state index contributed by atoms with van der Waals surface area (Å²) in [5.41, 5.74) is 0. The number of carbonyl (C=O) groups is 6. The lowest BCUT2D eigenvalue weighted by Crippen LogP contribution is -2.41. The fraction of sp³-hybridized carbons (Fsp3) is 0.829. The Kier molecular flexibility index (Phi) is 32.8. The second kappa shape index (κ2) is 35.1. The van der Waals surface area contributed by atoms with Crippen LogP contribution < -0.4 is 16.0 Å². The number of unbranched alkanes of at least 4 members (excludes halogenated alkanes) is 13. The topological polar surface area (TPSA) is 236 Å².